The predicted octanol–water partition coefficient (Wildman–Crippen LogP) is 4.30. The van der Waals surface area contributed by atoms with Gasteiger partial charge in [0.2, 0.25) is 0 Å². The summed E-state index contributed by atoms with van der Waals surface area (Å²) in [4.78, 5) is 35.6. The molecule has 2 aromatic heterocycles. The number of aryl methyl sites for hydroxylation is 1. The van der Waals surface area contributed by atoms with E-state index in [2.05, 4.69) is 9.97 Å². The van der Waals surface area contributed by atoms with Crippen molar-refractivity contribution >= 4 is 49.3 Å². The molecule has 0 bridgehead atoms. The molecule has 0 aliphatic carbocycles. The fourth-order valence-corrected chi connectivity index (χ4v) is 4.37. The van der Waals surface area contributed by atoms with Crippen molar-refractivity contribution in [2.45, 2.75) is 13.3 Å². The zero-order valence-electron chi connectivity index (χ0n) is 16.6. The Morgan fingerprint density at radius 1 is 0.793 bits per heavy atom. The minimum Gasteiger partial charge on any atom is -0.377 e. The fraction of sp³-hybridized carbons (Fsp3) is 0.167. The summed E-state index contributed by atoms with van der Waals surface area (Å²) < 4.78 is 0. The molecule has 0 fully saturated rings. The zero-order chi connectivity index (χ0) is 20.3. The number of benzene rings is 3. The average Bonchev–Trinajstić information content (AvgIpc) is 2.72. The third-order valence-electron chi connectivity index (χ3n) is 5.71. The standard InChI is InChI=1S/C24H21N3O2/c1-4-13-20-18(25-16-9-6-5-8-14(16)23(20)28)12-15-22(13)26-17-10-7-11-19(27(2)3)21(17)24(15)29/h5-12H,4H2,1-3H3,(H,25,28)(H,26,29). The van der Waals surface area contributed by atoms with E-state index in [1.165, 1.54) is 0 Å². The van der Waals surface area contributed by atoms with Crippen LogP contribution in [0.5, 0.6) is 0 Å². The van der Waals surface area contributed by atoms with Crippen molar-refractivity contribution in [3.8, 4) is 0 Å². The van der Waals surface area contributed by atoms with E-state index >= 15 is 0 Å². The molecule has 2 heterocycles. The minimum atomic E-state index is -0.0244. The molecule has 0 aliphatic rings. The van der Waals surface area contributed by atoms with Crippen molar-refractivity contribution in [1.82, 2.24) is 9.97 Å². The number of fused-ring (bicyclic) bond motifs is 4. The van der Waals surface area contributed by atoms with Gasteiger partial charge in [0.25, 0.3) is 0 Å². The molecule has 0 spiro atoms. The Kier molecular flexibility index (Phi) is 3.74. The number of pyridine rings is 2. The monoisotopic (exact) mass is 383 g/mol. The third-order valence-corrected chi connectivity index (χ3v) is 5.71. The first-order chi connectivity index (χ1) is 14.0. The van der Waals surface area contributed by atoms with Crippen LogP contribution in [-0.2, 0) is 6.42 Å². The Bertz CT molecular complexity index is 1560. The van der Waals surface area contributed by atoms with Gasteiger partial charge in [-0.3, -0.25) is 9.59 Å². The number of aromatic nitrogens is 2. The highest BCUT2D eigenvalue weighted by Crippen LogP contribution is 2.29. The molecule has 3 aromatic carbocycles. The second-order valence-corrected chi connectivity index (χ2v) is 7.60. The van der Waals surface area contributed by atoms with Crippen LogP contribution in [0.1, 0.15) is 12.5 Å². The van der Waals surface area contributed by atoms with E-state index in [0.29, 0.717) is 33.5 Å². The molecule has 0 saturated carbocycles. The maximum Gasteiger partial charge on any atom is 0.199 e. The van der Waals surface area contributed by atoms with Crippen LogP contribution in [0.15, 0.2) is 58.1 Å². The lowest BCUT2D eigenvalue weighted by Gasteiger charge is -2.17. The van der Waals surface area contributed by atoms with E-state index in [1.54, 1.807) is 0 Å². The Morgan fingerprint density at radius 2 is 1.52 bits per heavy atom. The summed E-state index contributed by atoms with van der Waals surface area (Å²) in [5.74, 6) is 0. The number of hydrogen-bond acceptors (Lipinski definition) is 3. The lowest BCUT2D eigenvalue weighted by molar-refractivity contribution is 1.14. The average molecular weight is 383 g/mol. The highest BCUT2D eigenvalue weighted by molar-refractivity contribution is 6.07. The molecule has 0 radical (unpaired) electrons. The Balaban J connectivity index is 2.07. The number of nitrogens with one attached hydrogen (secondary N) is 2. The van der Waals surface area contributed by atoms with E-state index < -0.39 is 0 Å². The number of hydrogen-bond donors (Lipinski definition) is 2. The van der Waals surface area contributed by atoms with E-state index in [4.69, 9.17) is 0 Å². The quantitative estimate of drug-likeness (QED) is 0.447. The Hall–Kier alpha value is -3.60. The summed E-state index contributed by atoms with van der Waals surface area (Å²) in [5, 5.41) is 2.57. The summed E-state index contributed by atoms with van der Waals surface area (Å²) in [5.41, 5.74) is 4.71. The van der Waals surface area contributed by atoms with E-state index in [-0.39, 0.29) is 10.9 Å². The first-order valence-corrected chi connectivity index (χ1v) is 9.74. The highest BCUT2D eigenvalue weighted by atomic mass is 16.1. The van der Waals surface area contributed by atoms with Gasteiger partial charge < -0.3 is 14.9 Å². The van der Waals surface area contributed by atoms with Gasteiger partial charge in [0.1, 0.15) is 0 Å². The van der Waals surface area contributed by atoms with E-state index in [0.717, 1.165) is 27.8 Å². The summed E-state index contributed by atoms with van der Waals surface area (Å²) in [6.45, 7) is 2.02. The Labute approximate surface area is 166 Å². The summed E-state index contributed by atoms with van der Waals surface area (Å²) >= 11 is 0. The van der Waals surface area contributed by atoms with Gasteiger partial charge in [-0.1, -0.05) is 25.1 Å². The van der Waals surface area contributed by atoms with Gasteiger partial charge in [-0.05, 0) is 42.3 Å². The lowest BCUT2D eigenvalue weighted by atomic mass is 9.97. The van der Waals surface area contributed by atoms with Crippen LogP contribution in [0, 0.1) is 0 Å². The lowest BCUT2D eigenvalue weighted by Crippen LogP contribution is -2.15. The van der Waals surface area contributed by atoms with Crippen LogP contribution in [0.4, 0.5) is 5.69 Å². The van der Waals surface area contributed by atoms with Crippen LogP contribution < -0.4 is 15.8 Å². The van der Waals surface area contributed by atoms with Gasteiger partial charge in [-0.2, -0.15) is 0 Å². The molecule has 2 N–H and O–H groups in total. The molecular formula is C24H21N3O2. The van der Waals surface area contributed by atoms with Crippen molar-refractivity contribution in [3.63, 3.8) is 0 Å². The summed E-state index contributed by atoms with van der Waals surface area (Å²) in [7, 11) is 3.86. The minimum absolute atomic E-state index is 0.00362. The van der Waals surface area contributed by atoms with Crippen LogP contribution in [0.25, 0.3) is 43.6 Å². The number of anilines is 1. The van der Waals surface area contributed by atoms with Crippen molar-refractivity contribution < 1.29 is 0 Å². The molecule has 144 valence electrons. The van der Waals surface area contributed by atoms with E-state index in [1.807, 2.05) is 74.4 Å². The highest BCUT2D eigenvalue weighted by Gasteiger charge is 2.17. The van der Waals surface area contributed by atoms with Gasteiger partial charge in [-0.25, -0.2) is 0 Å². The molecule has 0 amide bonds. The maximum atomic E-state index is 13.5. The molecule has 0 aliphatic heterocycles. The second-order valence-electron chi connectivity index (χ2n) is 7.60. The second kappa shape index (κ2) is 6.21. The number of para-hydroxylation sites is 1. The number of aromatic amines is 2. The van der Waals surface area contributed by atoms with Crippen molar-refractivity contribution in [3.05, 3.63) is 74.5 Å². The van der Waals surface area contributed by atoms with Crippen LogP contribution >= 0.6 is 0 Å². The van der Waals surface area contributed by atoms with Gasteiger partial charge in [0.05, 0.1) is 27.3 Å². The molecule has 0 atom stereocenters. The number of rotatable bonds is 2. The number of H-pyrrole nitrogens is 2. The summed E-state index contributed by atoms with van der Waals surface area (Å²) in [6, 6.07) is 15.1. The van der Waals surface area contributed by atoms with Crippen LogP contribution in [0.3, 0.4) is 0 Å². The van der Waals surface area contributed by atoms with Crippen LogP contribution in [0.2, 0.25) is 0 Å². The first kappa shape index (κ1) is 17.5. The van der Waals surface area contributed by atoms with Crippen molar-refractivity contribution in [1.29, 1.82) is 0 Å². The van der Waals surface area contributed by atoms with Gasteiger partial charge in [-0.15, -0.1) is 0 Å². The molecular weight excluding hydrogens is 362 g/mol. The molecule has 0 unspecified atom stereocenters. The normalized spacial score (nSPS) is 11.7. The zero-order valence-corrected chi connectivity index (χ0v) is 16.6. The van der Waals surface area contributed by atoms with Crippen molar-refractivity contribution in [2.24, 2.45) is 0 Å². The SMILES string of the molecule is CCc1c2[nH]c3cccc(N(C)C)c3c(=O)c2cc2[nH]c3ccccc3c(=O)c12. The molecule has 5 heteroatoms. The van der Waals surface area contributed by atoms with Gasteiger partial charge >= 0.3 is 0 Å². The molecule has 5 rings (SSSR count). The maximum absolute atomic E-state index is 13.5. The predicted molar refractivity (Wildman–Crippen MR) is 121 cm³/mol. The van der Waals surface area contributed by atoms with Gasteiger partial charge in [0, 0.05) is 36.1 Å². The summed E-state index contributed by atoms with van der Waals surface area (Å²) in [6.07, 6.45) is 0.643. The topological polar surface area (TPSA) is 69.0 Å². The fourth-order valence-electron chi connectivity index (χ4n) is 4.37. The van der Waals surface area contributed by atoms with Gasteiger partial charge in [0.15, 0.2) is 10.9 Å². The first-order valence-electron chi connectivity index (χ1n) is 9.74. The molecule has 5 nitrogen and oxygen atoms in total. The molecule has 0 saturated heterocycles. The Morgan fingerprint density at radius 3 is 2.28 bits per heavy atom. The van der Waals surface area contributed by atoms with E-state index in [9.17, 15) is 9.59 Å². The molecule has 5 aromatic rings. The molecule has 29 heavy (non-hydrogen) atoms. The third kappa shape index (κ3) is 2.40. The van der Waals surface area contributed by atoms with Crippen LogP contribution in [-0.4, -0.2) is 24.1 Å². The van der Waals surface area contributed by atoms with Crippen molar-refractivity contribution in [2.75, 3.05) is 19.0 Å². The smallest absolute Gasteiger partial charge is 0.199 e. The number of nitrogens with zero attached hydrogens (tertiary/aromatic N) is 1. The largest absolute Gasteiger partial charge is 0.377 e.